The quantitative estimate of drug-likeness (QED) is 0.675. The van der Waals surface area contributed by atoms with Crippen molar-refractivity contribution in [2.75, 3.05) is 24.2 Å². The molecule has 1 unspecified atom stereocenters. The molecule has 0 fully saturated rings. The lowest BCUT2D eigenvalue weighted by atomic mass is 10.00. The number of aliphatic carboxylic acids is 1. The van der Waals surface area contributed by atoms with Gasteiger partial charge in [-0.1, -0.05) is 0 Å². The maximum atomic E-state index is 12.0. The molecular weight excluding hydrogens is 246 g/mol. The third kappa shape index (κ3) is 2.68. The van der Waals surface area contributed by atoms with E-state index in [4.69, 9.17) is 10.8 Å². The number of nitrogens with zero attached hydrogens (tertiary/aromatic N) is 1. The molecule has 19 heavy (non-hydrogen) atoms. The molecule has 0 aromatic heterocycles. The third-order valence-electron chi connectivity index (χ3n) is 3.32. The fourth-order valence-corrected chi connectivity index (χ4v) is 2.26. The summed E-state index contributed by atoms with van der Waals surface area (Å²) < 4.78 is 0. The zero-order chi connectivity index (χ0) is 14.0. The van der Waals surface area contributed by atoms with E-state index in [9.17, 15) is 9.59 Å². The normalized spacial score (nSPS) is 16.1. The average molecular weight is 263 g/mol. The smallest absolute Gasteiger partial charge is 0.322 e. The van der Waals surface area contributed by atoms with E-state index in [1.54, 1.807) is 19.2 Å². The van der Waals surface area contributed by atoms with Crippen LogP contribution < -0.4 is 16.0 Å². The molecule has 0 radical (unpaired) electrons. The van der Waals surface area contributed by atoms with Crippen molar-refractivity contribution in [1.82, 2.24) is 5.32 Å². The Morgan fingerprint density at radius 3 is 2.89 bits per heavy atom. The molecular formula is C13H17N3O3. The first-order valence-corrected chi connectivity index (χ1v) is 6.11. The Kier molecular flexibility index (Phi) is 3.71. The van der Waals surface area contributed by atoms with Crippen LogP contribution in [0.3, 0.4) is 0 Å². The van der Waals surface area contributed by atoms with Gasteiger partial charge in [-0.3, -0.25) is 9.59 Å². The van der Waals surface area contributed by atoms with Crippen molar-refractivity contribution in [2.24, 2.45) is 0 Å². The van der Waals surface area contributed by atoms with Crippen molar-refractivity contribution in [3.8, 4) is 0 Å². The van der Waals surface area contributed by atoms with Crippen molar-refractivity contribution in [2.45, 2.75) is 18.9 Å². The van der Waals surface area contributed by atoms with Crippen LogP contribution in [-0.2, 0) is 16.0 Å². The van der Waals surface area contributed by atoms with Gasteiger partial charge >= 0.3 is 5.97 Å². The molecule has 0 saturated heterocycles. The van der Waals surface area contributed by atoms with Gasteiger partial charge in [0.15, 0.2) is 0 Å². The SMILES string of the molecule is CNC(CN1C(=O)CCc2cc(N)ccc21)C(=O)O. The lowest BCUT2D eigenvalue weighted by Gasteiger charge is -2.31. The number of anilines is 2. The minimum absolute atomic E-state index is 0.0567. The van der Waals surface area contributed by atoms with Gasteiger partial charge in [0, 0.05) is 17.8 Å². The second-order valence-electron chi connectivity index (χ2n) is 4.57. The maximum absolute atomic E-state index is 12.0. The number of rotatable bonds is 4. The summed E-state index contributed by atoms with van der Waals surface area (Å²) in [5, 5.41) is 11.8. The number of nitrogen functional groups attached to an aromatic ring is 1. The maximum Gasteiger partial charge on any atom is 0.322 e. The lowest BCUT2D eigenvalue weighted by Crippen LogP contribution is -2.48. The molecule has 1 aromatic rings. The van der Waals surface area contributed by atoms with E-state index in [0.717, 1.165) is 11.3 Å². The molecule has 0 aliphatic carbocycles. The van der Waals surface area contributed by atoms with E-state index in [1.165, 1.54) is 4.90 Å². The molecule has 4 N–H and O–H groups in total. The molecule has 1 atom stereocenters. The van der Waals surface area contributed by atoms with Gasteiger partial charge in [0.1, 0.15) is 6.04 Å². The van der Waals surface area contributed by atoms with Gasteiger partial charge in [-0.2, -0.15) is 0 Å². The number of carboxylic acid groups (broad SMARTS) is 1. The number of fused-ring (bicyclic) bond motifs is 1. The highest BCUT2D eigenvalue weighted by atomic mass is 16.4. The number of benzene rings is 1. The Morgan fingerprint density at radius 2 is 2.26 bits per heavy atom. The molecule has 102 valence electrons. The molecule has 1 aliphatic heterocycles. The second-order valence-corrected chi connectivity index (χ2v) is 4.57. The first kappa shape index (κ1) is 13.4. The summed E-state index contributed by atoms with van der Waals surface area (Å²) in [4.78, 5) is 24.6. The standard InChI is InChI=1S/C13H17N3O3/c1-15-10(13(18)19)7-16-11-4-3-9(14)6-8(11)2-5-12(16)17/h3-4,6,10,15H,2,5,7,14H2,1H3,(H,18,19). The number of hydrogen-bond acceptors (Lipinski definition) is 4. The lowest BCUT2D eigenvalue weighted by molar-refractivity contribution is -0.139. The van der Waals surface area contributed by atoms with Gasteiger partial charge in [-0.05, 0) is 37.2 Å². The molecule has 6 nitrogen and oxygen atoms in total. The van der Waals surface area contributed by atoms with Crippen LogP contribution in [0, 0.1) is 0 Å². The number of amides is 1. The Balaban J connectivity index is 2.30. The predicted molar refractivity (Wildman–Crippen MR) is 72.0 cm³/mol. The van der Waals surface area contributed by atoms with Crippen LogP contribution in [0.4, 0.5) is 11.4 Å². The van der Waals surface area contributed by atoms with E-state index in [2.05, 4.69) is 5.32 Å². The zero-order valence-corrected chi connectivity index (χ0v) is 10.7. The van der Waals surface area contributed by atoms with Crippen LogP contribution >= 0.6 is 0 Å². The first-order valence-electron chi connectivity index (χ1n) is 6.11. The number of carbonyl (C=O) groups is 2. The molecule has 1 heterocycles. The van der Waals surface area contributed by atoms with E-state index in [0.29, 0.717) is 18.5 Å². The van der Waals surface area contributed by atoms with Crippen LogP contribution in [0.15, 0.2) is 18.2 Å². The molecule has 1 amide bonds. The minimum atomic E-state index is -0.974. The van der Waals surface area contributed by atoms with Gasteiger partial charge in [0.2, 0.25) is 5.91 Å². The molecule has 0 saturated carbocycles. The van der Waals surface area contributed by atoms with E-state index < -0.39 is 12.0 Å². The van der Waals surface area contributed by atoms with Crippen molar-refractivity contribution in [3.05, 3.63) is 23.8 Å². The number of carboxylic acids is 1. The van der Waals surface area contributed by atoms with Crippen LogP contribution in [0.5, 0.6) is 0 Å². The molecule has 0 spiro atoms. The Hall–Kier alpha value is -2.08. The number of likely N-dealkylation sites (N-methyl/N-ethyl adjacent to an activating group) is 1. The number of hydrogen-bond donors (Lipinski definition) is 3. The van der Waals surface area contributed by atoms with Crippen LogP contribution in [0.2, 0.25) is 0 Å². The van der Waals surface area contributed by atoms with Crippen LogP contribution in [0.25, 0.3) is 0 Å². The van der Waals surface area contributed by atoms with Crippen LogP contribution in [0.1, 0.15) is 12.0 Å². The molecule has 6 heteroatoms. The number of nitrogens with one attached hydrogen (secondary N) is 1. The van der Waals surface area contributed by atoms with Crippen molar-refractivity contribution in [1.29, 1.82) is 0 Å². The summed E-state index contributed by atoms with van der Waals surface area (Å²) >= 11 is 0. The number of nitrogens with two attached hydrogens (primary N) is 1. The van der Waals surface area contributed by atoms with Crippen LogP contribution in [-0.4, -0.2) is 36.6 Å². The van der Waals surface area contributed by atoms with E-state index in [-0.39, 0.29) is 12.5 Å². The van der Waals surface area contributed by atoms with Gasteiger partial charge in [-0.15, -0.1) is 0 Å². The van der Waals surface area contributed by atoms with Gasteiger partial charge in [-0.25, -0.2) is 0 Å². The van der Waals surface area contributed by atoms with Crippen molar-refractivity contribution >= 4 is 23.3 Å². The van der Waals surface area contributed by atoms with Crippen molar-refractivity contribution < 1.29 is 14.7 Å². The fourth-order valence-electron chi connectivity index (χ4n) is 2.26. The van der Waals surface area contributed by atoms with Gasteiger partial charge < -0.3 is 21.1 Å². The summed E-state index contributed by atoms with van der Waals surface area (Å²) in [5.74, 6) is -1.03. The van der Waals surface area contributed by atoms with E-state index in [1.807, 2.05) is 6.07 Å². The number of aryl methyl sites for hydroxylation is 1. The van der Waals surface area contributed by atoms with E-state index >= 15 is 0 Å². The highest BCUT2D eigenvalue weighted by Crippen LogP contribution is 2.29. The largest absolute Gasteiger partial charge is 0.480 e. The zero-order valence-electron chi connectivity index (χ0n) is 10.7. The molecule has 1 aliphatic rings. The molecule has 0 bridgehead atoms. The Morgan fingerprint density at radius 1 is 1.53 bits per heavy atom. The fraction of sp³-hybridized carbons (Fsp3) is 0.385. The number of carbonyl (C=O) groups excluding carboxylic acids is 1. The highest BCUT2D eigenvalue weighted by Gasteiger charge is 2.28. The average Bonchev–Trinajstić information content (AvgIpc) is 2.37. The first-order chi connectivity index (χ1) is 9.02. The summed E-state index contributed by atoms with van der Waals surface area (Å²) in [6, 6.07) is 4.55. The second kappa shape index (κ2) is 5.27. The van der Waals surface area contributed by atoms with Crippen molar-refractivity contribution in [3.63, 3.8) is 0 Å². The van der Waals surface area contributed by atoms with Gasteiger partial charge in [0.05, 0.1) is 6.54 Å². The molecule has 1 aromatic carbocycles. The summed E-state index contributed by atoms with van der Waals surface area (Å²) in [7, 11) is 1.57. The topological polar surface area (TPSA) is 95.7 Å². The Bertz CT molecular complexity index is 516. The Labute approximate surface area is 111 Å². The molecule has 2 rings (SSSR count). The van der Waals surface area contributed by atoms with Gasteiger partial charge in [0.25, 0.3) is 0 Å². The summed E-state index contributed by atoms with van der Waals surface area (Å²) in [6.07, 6.45) is 1.03. The monoisotopic (exact) mass is 263 g/mol. The highest BCUT2D eigenvalue weighted by molar-refractivity contribution is 5.97. The summed E-state index contributed by atoms with van der Waals surface area (Å²) in [6.45, 7) is 0.113. The summed E-state index contributed by atoms with van der Waals surface area (Å²) in [5.41, 5.74) is 8.12. The third-order valence-corrected chi connectivity index (χ3v) is 3.32. The predicted octanol–water partition coefficient (Wildman–Crippen LogP) is 0.221. The minimum Gasteiger partial charge on any atom is -0.480 e.